The van der Waals surface area contributed by atoms with Crippen LogP contribution in [0.5, 0.6) is 0 Å². The number of carbonyl (C=O) groups is 3. The molecule has 3 amide bonds. The summed E-state index contributed by atoms with van der Waals surface area (Å²) in [5.74, 6) is -0.550. The third-order valence-corrected chi connectivity index (χ3v) is 6.74. The Morgan fingerprint density at radius 1 is 1.10 bits per heavy atom. The van der Waals surface area contributed by atoms with Gasteiger partial charge in [0.1, 0.15) is 5.54 Å². The number of hydrogen-bond donors (Lipinski definition) is 2. The molecule has 170 valence electrons. The smallest absolute Gasteiger partial charge is 0.253 e. The first-order valence-corrected chi connectivity index (χ1v) is 12.0. The first-order valence-electron chi connectivity index (χ1n) is 11.6. The van der Waals surface area contributed by atoms with Gasteiger partial charge in [-0.15, -0.1) is 0 Å². The van der Waals surface area contributed by atoms with Crippen LogP contribution in [0.1, 0.15) is 75.1 Å². The van der Waals surface area contributed by atoms with E-state index >= 15 is 0 Å². The third kappa shape index (κ3) is 6.00. The minimum Gasteiger partial charge on any atom is -0.354 e. The molecule has 1 aromatic rings. The third-order valence-electron chi connectivity index (χ3n) is 6.49. The van der Waals surface area contributed by atoms with Crippen molar-refractivity contribution < 1.29 is 14.4 Å². The molecule has 31 heavy (non-hydrogen) atoms. The van der Waals surface area contributed by atoms with Crippen LogP contribution >= 0.6 is 11.6 Å². The molecule has 2 N–H and O–H groups in total. The molecule has 0 spiro atoms. The van der Waals surface area contributed by atoms with Gasteiger partial charge < -0.3 is 15.5 Å². The second-order valence-electron chi connectivity index (χ2n) is 8.84. The minimum absolute atomic E-state index is 0.0566. The second kappa shape index (κ2) is 11.0. The van der Waals surface area contributed by atoms with Crippen LogP contribution in [-0.2, 0) is 9.59 Å². The highest BCUT2D eigenvalue weighted by Crippen LogP contribution is 2.30. The number of carbonyl (C=O) groups excluding carboxylic acids is 3. The maximum Gasteiger partial charge on any atom is 0.253 e. The van der Waals surface area contributed by atoms with E-state index in [9.17, 15) is 14.4 Å². The van der Waals surface area contributed by atoms with E-state index < -0.39 is 5.54 Å². The Hall–Kier alpha value is -2.08. The van der Waals surface area contributed by atoms with Gasteiger partial charge in [-0.25, -0.2) is 0 Å². The highest BCUT2D eigenvalue weighted by molar-refractivity contribution is 6.30. The average Bonchev–Trinajstić information content (AvgIpc) is 2.80. The molecular formula is C24H34ClN3O3. The predicted molar refractivity (Wildman–Crippen MR) is 122 cm³/mol. The molecule has 1 aromatic carbocycles. The normalized spacial score (nSPS) is 20.7. The lowest BCUT2D eigenvalue weighted by Crippen LogP contribution is -2.61. The largest absolute Gasteiger partial charge is 0.354 e. The molecule has 0 aromatic heterocycles. The monoisotopic (exact) mass is 447 g/mol. The number of unbranched alkanes of at least 4 members (excludes halogenated alkanes) is 1. The lowest BCUT2D eigenvalue weighted by molar-refractivity contribution is -0.137. The van der Waals surface area contributed by atoms with Crippen LogP contribution < -0.4 is 10.6 Å². The maximum absolute atomic E-state index is 13.2. The van der Waals surface area contributed by atoms with Crippen molar-refractivity contribution >= 4 is 29.3 Å². The highest BCUT2D eigenvalue weighted by atomic mass is 35.5. The summed E-state index contributed by atoms with van der Waals surface area (Å²) >= 11 is 5.93. The molecule has 1 heterocycles. The fourth-order valence-electron chi connectivity index (χ4n) is 4.60. The number of benzene rings is 1. The van der Waals surface area contributed by atoms with Crippen molar-refractivity contribution in [1.82, 2.24) is 15.5 Å². The standard InChI is InChI=1S/C24H34ClN3O3/c1-2-3-15-26-23(31)24(13-5-4-6-14-24)27-21(29)19-8-7-16-28(17-19)22(30)18-9-11-20(25)12-10-18/h9-12,19H,2-8,13-17H2,1H3,(H,26,31)(H,27,29). The Kier molecular flexibility index (Phi) is 8.35. The zero-order valence-corrected chi connectivity index (χ0v) is 19.2. The number of rotatable bonds is 7. The first-order chi connectivity index (χ1) is 14.9. The van der Waals surface area contributed by atoms with Crippen molar-refractivity contribution in [2.75, 3.05) is 19.6 Å². The Morgan fingerprint density at radius 3 is 2.48 bits per heavy atom. The quantitative estimate of drug-likeness (QED) is 0.621. The van der Waals surface area contributed by atoms with E-state index in [0.717, 1.165) is 44.9 Å². The molecule has 1 saturated heterocycles. The van der Waals surface area contributed by atoms with E-state index in [1.54, 1.807) is 29.2 Å². The van der Waals surface area contributed by atoms with E-state index in [2.05, 4.69) is 17.6 Å². The van der Waals surface area contributed by atoms with E-state index in [1.807, 2.05) is 0 Å². The van der Waals surface area contributed by atoms with Gasteiger partial charge in [0.05, 0.1) is 5.92 Å². The van der Waals surface area contributed by atoms with Crippen LogP contribution in [0.4, 0.5) is 0 Å². The first kappa shape index (κ1) is 23.6. The number of amides is 3. The lowest BCUT2D eigenvalue weighted by atomic mass is 9.80. The van der Waals surface area contributed by atoms with Gasteiger partial charge in [-0.1, -0.05) is 44.2 Å². The summed E-state index contributed by atoms with van der Waals surface area (Å²) in [6.45, 7) is 3.74. The molecule has 0 bridgehead atoms. The van der Waals surface area contributed by atoms with Gasteiger partial charge in [0, 0.05) is 30.2 Å². The van der Waals surface area contributed by atoms with Crippen molar-refractivity contribution in [1.29, 1.82) is 0 Å². The van der Waals surface area contributed by atoms with Crippen molar-refractivity contribution in [3.63, 3.8) is 0 Å². The lowest BCUT2D eigenvalue weighted by Gasteiger charge is -2.39. The van der Waals surface area contributed by atoms with Gasteiger partial charge in [0.2, 0.25) is 11.8 Å². The molecule has 1 aliphatic carbocycles. The minimum atomic E-state index is -0.814. The number of nitrogens with zero attached hydrogens (tertiary/aromatic N) is 1. The SMILES string of the molecule is CCCCNC(=O)C1(NC(=O)C2CCCN(C(=O)c3ccc(Cl)cc3)C2)CCCCC1. The molecule has 1 saturated carbocycles. The van der Waals surface area contributed by atoms with Gasteiger partial charge in [0.15, 0.2) is 0 Å². The summed E-state index contributed by atoms with van der Waals surface area (Å²) in [5, 5.41) is 6.74. The van der Waals surface area contributed by atoms with Crippen molar-refractivity contribution in [3.05, 3.63) is 34.9 Å². The summed E-state index contributed by atoms with van der Waals surface area (Å²) in [6.07, 6.45) is 7.76. The number of likely N-dealkylation sites (tertiary alicyclic amines) is 1. The average molecular weight is 448 g/mol. The molecule has 2 aliphatic rings. The van der Waals surface area contributed by atoms with Gasteiger partial charge >= 0.3 is 0 Å². The maximum atomic E-state index is 13.2. The molecule has 2 fully saturated rings. The Morgan fingerprint density at radius 2 is 1.81 bits per heavy atom. The number of halogens is 1. The summed E-state index contributed by atoms with van der Waals surface area (Å²) < 4.78 is 0. The van der Waals surface area contributed by atoms with Crippen molar-refractivity contribution in [3.8, 4) is 0 Å². The van der Waals surface area contributed by atoms with Crippen LogP contribution in [-0.4, -0.2) is 47.8 Å². The molecule has 3 rings (SSSR count). The zero-order chi connectivity index (χ0) is 22.3. The molecule has 7 heteroatoms. The highest BCUT2D eigenvalue weighted by Gasteiger charge is 2.42. The molecule has 1 unspecified atom stereocenters. The molecule has 6 nitrogen and oxygen atoms in total. The van der Waals surface area contributed by atoms with Crippen molar-refractivity contribution in [2.24, 2.45) is 5.92 Å². The summed E-state index contributed by atoms with van der Waals surface area (Å²) in [5.41, 5.74) is -0.240. The molecular weight excluding hydrogens is 414 g/mol. The van der Waals surface area contributed by atoms with E-state index in [4.69, 9.17) is 11.6 Å². The molecule has 0 radical (unpaired) electrons. The summed E-state index contributed by atoms with van der Waals surface area (Å²) in [7, 11) is 0. The van der Waals surface area contributed by atoms with Crippen LogP contribution in [0.25, 0.3) is 0 Å². The summed E-state index contributed by atoms with van der Waals surface area (Å²) in [6, 6.07) is 6.83. The van der Waals surface area contributed by atoms with Crippen molar-refractivity contribution in [2.45, 2.75) is 70.3 Å². The Balaban J connectivity index is 1.65. The number of nitrogens with one attached hydrogen (secondary N) is 2. The van der Waals surface area contributed by atoms with E-state index in [0.29, 0.717) is 43.1 Å². The van der Waals surface area contributed by atoms with Crippen LogP contribution in [0.15, 0.2) is 24.3 Å². The Bertz CT molecular complexity index is 775. The van der Waals surface area contributed by atoms with Crippen LogP contribution in [0, 0.1) is 5.92 Å². The fourth-order valence-corrected chi connectivity index (χ4v) is 4.73. The van der Waals surface area contributed by atoms with Gasteiger partial charge in [-0.2, -0.15) is 0 Å². The van der Waals surface area contributed by atoms with Crippen LogP contribution in [0.3, 0.4) is 0 Å². The van der Waals surface area contributed by atoms with Gasteiger partial charge in [-0.3, -0.25) is 14.4 Å². The second-order valence-corrected chi connectivity index (χ2v) is 9.28. The fraction of sp³-hybridized carbons (Fsp3) is 0.625. The van der Waals surface area contributed by atoms with Crippen LogP contribution in [0.2, 0.25) is 5.02 Å². The molecule has 1 atom stereocenters. The number of hydrogen-bond acceptors (Lipinski definition) is 3. The number of piperidine rings is 1. The predicted octanol–water partition coefficient (Wildman–Crippen LogP) is 3.93. The molecule has 1 aliphatic heterocycles. The van der Waals surface area contributed by atoms with E-state index in [1.165, 1.54) is 0 Å². The topological polar surface area (TPSA) is 78.5 Å². The summed E-state index contributed by atoms with van der Waals surface area (Å²) in [4.78, 5) is 40.8. The van der Waals surface area contributed by atoms with Gasteiger partial charge in [-0.05, 0) is 56.4 Å². The zero-order valence-electron chi connectivity index (χ0n) is 18.4. The van der Waals surface area contributed by atoms with Gasteiger partial charge in [0.25, 0.3) is 5.91 Å². The Labute approximate surface area is 190 Å². The van der Waals surface area contributed by atoms with E-state index in [-0.39, 0.29) is 23.6 Å².